The molecule has 2 aromatic carbocycles. The van der Waals surface area contributed by atoms with Crippen LogP contribution >= 0.6 is 0 Å². The predicted molar refractivity (Wildman–Crippen MR) is 69.7 cm³/mol. The first-order valence-electron chi connectivity index (χ1n) is 5.75. The Bertz CT molecular complexity index is 591. The van der Waals surface area contributed by atoms with E-state index in [-0.39, 0.29) is 12.2 Å². The Morgan fingerprint density at radius 2 is 1.89 bits per heavy atom. The summed E-state index contributed by atoms with van der Waals surface area (Å²) >= 11 is 0. The van der Waals surface area contributed by atoms with Crippen LogP contribution in [0.5, 0.6) is 5.75 Å². The second kappa shape index (κ2) is 5.52. The standard InChI is InChI=1S/C15H13FO3/c1-19-14-7-2-10(9-15(17)18)8-13(14)11-3-5-12(16)6-4-11/h2-8H,9H2,1H3,(H,17,18). The third kappa shape index (κ3) is 3.10. The maximum absolute atomic E-state index is 12.9. The quantitative estimate of drug-likeness (QED) is 0.918. The molecule has 0 saturated carbocycles. The minimum Gasteiger partial charge on any atom is -0.496 e. The summed E-state index contributed by atoms with van der Waals surface area (Å²) in [5, 5.41) is 8.81. The lowest BCUT2D eigenvalue weighted by molar-refractivity contribution is -0.136. The van der Waals surface area contributed by atoms with E-state index < -0.39 is 5.97 Å². The van der Waals surface area contributed by atoms with E-state index in [2.05, 4.69) is 0 Å². The Kier molecular flexibility index (Phi) is 3.80. The van der Waals surface area contributed by atoms with Gasteiger partial charge in [-0.15, -0.1) is 0 Å². The molecule has 0 radical (unpaired) electrons. The molecule has 0 fully saturated rings. The van der Waals surface area contributed by atoms with Gasteiger partial charge in [0, 0.05) is 5.56 Å². The lowest BCUT2D eigenvalue weighted by Gasteiger charge is -2.10. The molecular weight excluding hydrogens is 247 g/mol. The maximum atomic E-state index is 12.9. The number of carboxylic acid groups (broad SMARTS) is 1. The summed E-state index contributed by atoms with van der Waals surface area (Å²) in [5.41, 5.74) is 2.21. The lowest BCUT2D eigenvalue weighted by atomic mass is 10.0. The molecule has 1 N–H and O–H groups in total. The molecule has 2 aromatic rings. The zero-order valence-corrected chi connectivity index (χ0v) is 10.4. The summed E-state index contributed by atoms with van der Waals surface area (Å²) in [6, 6.07) is 11.2. The van der Waals surface area contributed by atoms with E-state index in [4.69, 9.17) is 9.84 Å². The van der Waals surface area contributed by atoms with Crippen molar-refractivity contribution in [3.05, 3.63) is 53.8 Å². The van der Waals surface area contributed by atoms with Gasteiger partial charge < -0.3 is 9.84 Å². The molecule has 0 aliphatic rings. The van der Waals surface area contributed by atoms with Crippen LogP contribution in [0.25, 0.3) is 11.1 Å². The third-order valence-electron chi connectivity index (χ3n) is 2.77. The van der Waals surface area contributed by atoms with Crippen LogP contribution in [0.2, 0.25) is 0 Å². The summed E-state index contributed by atoms with van der Waals surface area (Å²) in [4.78, 5) is 10.7. The highest BCUT2D eigenvalue weighted by Gasteiger charge is 2.09. The van der Waals surface area contributed by atoms with Crippen LogP contribution in [0.4, 0.5) is 4.39 Å². The summed E-state index contributed by atoms with van der Waals surface area (Å²) in [5.74, 6) is -0.583. The molecule has 0 saturated heterocycles. The van der Waals surface area contributed by atoms with Crippen LogP contribution in [-0.2, 0) is 11.2 Å². The van der Waals surface area contributed by atoms with Gasteiger partial charge in [-0.05, 0) is 35.4 Å². The Morgan fingerprint density at radius 3 is 2.47 bits per heavy atom. The molecule has 0 aromatic heterocycles. The van der Waals surface area contributed by atoms with Crippen LogP contribution in [-0.4, -0.2) is 18.2 Å². The topological polar surface area (TPSA) is 46.5 Å². The van der Waals surface area contributed by atoms with E-state index >= 15 is 0 Å². The summed E-state index contributed by atoms with van der Waals surface area (Å²) in [6.45, 7) is 0. The van der Waals surface area contributed by atoms with E-state index in [1.165, 1.54) is 12.1 Å². The van der Waals surface area contributed by atoms with Crippen molar-refractivity contribution in [1.82, 2.24) is 0 Å². The minimum absolute atomic E-state index is 0.0574. The van der Waals surface area contributed by atoms with Gasteiger partial charge in [0.2, 0.25) is 0 Å². The smallest absolute Gasteiger partial charge is 0.307 e. The molecule has 2 rings (SSSR count). The van der Waals surface area contributed by atoms with Gasteiger partial charge in [-0.2, -0.15) is 0 Å². The fraction of sp³-hybridized carbons (Fsp3) is 0.133. The van der Waals surface area contributed by atoms with Crippen molar-refractivity contribution in [2.45, 2.75) is 6.42 Å². The molecule has 0 bridgehead atoms. The molecule has 0 aliphatic heterocycles. The van der Waals surface area contributed by atoms with Crippen molar-refractivity contribution < 1.29 is 19.0 Å². The van der Waals surface area contributed by atoms with Gasteiger partial charge >= 0.3 is 5.97 Å². The first kappa shape index (κ1) is 13.1. The molecule has 19 heavy (non-hydrogen) atoms. The van der Waals surface area contributed by atoms with Crippen molar-refractivity contribution >= 4 is 5.97 Å². The summed E-state index contributed by atoms with van der Waals surface area (Å²) in [6.07, 6.45) is -0.0574. The number of carbonyl (C=O) groups is 1. The Balaban J connectivity index is 2.46. The Morgan fingerprint density at radius 1 is 1.21 bits per heavy atom. The van der Waals surface area contributed by atoms with Crippen LogP contribution in [0.3, 0.4) is 0 Å². The summed E-state index contributed by atoms with van der Waals surface area (Å²) in [7, 11) is 1.54. The molecular formula is C15H13FO3. The largest absolute Gasteiger partial charge is 0.496 e. The van der Waals surface area contributed by atoms with E-state index in [0.717, 1.165) is 11.1 Å². The van der Waals surface area contributed by atoms with Gasteiger partial charge in [0.05, 0.1) is 13.5 Å². The fourth-order valence-electron chi connectivity index (χ4n) is 1.89. The fourth-order valence-corrected chi connectivity index (χ4v) is 1.89. The van der Waals surface area contributed by atoms with Crippen LogP contribution in [0.1, 0.15) is 5.56 Å². The van der Waals surface area contributed by atoms with Crippen molar-refractivity contribution in [2.24, 2.45) is 0 Å². The van der Waals surface area contributed by atoms with Gasteiger partial charge in [-0.1, -0.05) is 18.2 Å². The number of methoxy groups -OCH3 is 1. The number of carboxylic acids is 1. The first-order valence-corrected chi connectivity index (χ1v) is 5.75. The number of hydrogen-bond acceptors (Lipinski definition) is 2. The van der Waals surface area contributed by atoms with Gasteiger partial charge in [0.25, 0.3) is 0 Å². The molecule has 0 unspecified atom stereocenters. The Labute approximate surface area is 110 Å². The lowest BCUT2D eigenvalue weighted by Crippen LogP contribution is -2.00. The number of halogens is 1. The second-order valence-electron chi connectivity index (χ2n) is 4.11. The van der Waals surface area contributed by atoms with Crippen LogP contribution in [0.15, 0.2) is 42.5 Å². The van der Waals surface area contributed by atoms with E-state index in [1.807, 2.05) is 0 Å². The van der Waals surface area contributed by atoms with Crippen molar-refractivity contribution in [3.63, 3.8) is 0 Å². The molecule has 0 amide bonds. The van der Waals surface area contributed by atoms with Crippen molar-refractivity contribution in [2.75, 3.05) is 7.11 Å². The third-order valence-corrected chi connectivity index (χ3v) is 2.77. The predicted octanol–water partition coefficient (Wildman–Crippen LogP) is 3.13. The monoisotopic (exact) mass is 260 g/mol. The van der Waals surface area contributed by atoms with Crippen LogP contribution in [0, 0.1) is 5.82 Å². The van der Waals surface area contributed by atoms with E-state index in [0.29, 0.717) is 11.3 Å². The highest BCUT2D eigenvalue weighted by Crippen LogP contribution is 2.31. The van der Waals surface area contributed by atoms with Crippen LogP contribution < -0.4 is 4.74 Å². The number of ether oxygens (including phenoxy) is 1. The number of hydrogen-bond donors (Lipinski definition) is 1. The summed E-state index contributed by atoms with van der Waals surface area (Å²) < 4.78 is 18.2. The van der Waals surface area contributed by atoms with Gasteiger partial charge in [0.15, 0.2) is 0 Å². The van der Waals surface area contributed by atoms with E-state index in [9.17, 15) is 9.18 Å². The first-order chi connectivity index (χ1) is 9.10. The van der Waals surface area contributed by atoms with Gasteiger partial charge in [-0.25, -0.2) is 4.39 Å². The Hall–Kier alpha value is -2.36. The minimum atomic E-state index is -0.893. The zero-order chi connectivity index (χ0) is 13.8. The second-order valence-corrected chi connectivity index (χ2v) is 4.11. The molecule has 98 valence electrons. The SMILES string of the molecule is COc1ccc(CC(=O)O)cc1-c1ccc(F)cc1. The van der Waals surface area contributed by atoms with Crippen molar-refractivity contribution in [1.29, 1.82) is 0 Å². The average Bonchev–Trinajstić information content (AvgIpc) is 2.39. The van der Waals surface area contributed by atoms with Gasteiger partial charge in [-0.3, -0.25) is 4.79 Å². The molecule has 3 nitrogen and oxygen atoms in total. The highest BCUT2D eigenvalue weighted by atomic mass is 19.1. The van der Waals surface area contributed by atoms with Gasteiger partial charge in [0.1, 0.15) is 11.6 Å². The number of rotatable bonds is 4. The molecule has 0 spiro atoms. The van der Waals surface area contributed by atoms with E-state index in [1.54, 1.807) is 37.4 Å². The normalized spacial score (nSPS) is 10.2. The molecule has 0 heterocycles. The number of benzene rings is 2. The number of aliphatic carboxylic acids is 1. The zero-order valence-electron chi connectivity index (χ0n) is 10.4. The maximum Gasteiger partial charge on any atom is 0.307 e. The van der Waals surface area contributed by atoms with Crippen molar-refractivity contribution in [3.8, 4) is 16.9 Å². The molecule has 4 heteroatoms. The highest BCUT2D eigenvalue weighted by molar-refractivity contribution is 5.75. The molecule has 0 aliphatic carbocycles. The molecule has 0 atom stereocenters. The average molecular weight is 260 g/mol.